The van der Waals surface area contributed by atoms with Crippen molar-refractivity contribution < 1.29 is 0 Å². The molecule has 0 saturated carbocycles. The highest BCUT2D eigenvalue weighted by Gasteiger charge is 2.38. The Bertz CT molecular complexity index is 237. The molecular formula is C11H21N3. The molecule has 2 rings (SSSR count). The van der Waals surface area contributed by atoms with Gasteiger partial charge >= 0.3 is 0 Å². The van der Waals surface area contributed by atoms with Gasteiger partial charge in [0.05, 0.1) is 17.9 Å². The van der Waals surface area contributed by atoms with E-state index in [0.29, 0.717) is 11.5 Å². The van der Waals surface area contributed by atoms with Gasteiger partial charge in [0.15, 0.2) is 0 Å². The molecule has 2 heterocycles. The van der Waals surface area contributed by atoms with Crippen LogP contribution in [-0.4, -0.2) is 43.0 Å². The summed E-state index contributed by atoms with van der Waals surface area (Å²) < 4.78 is 0. The third kappa shape index (κ3) is 1.78. The Balaban J connectivity index is 1.96. The third-order valence-corrected chi connectivity index (χ3v) is 3.44. The molecule has 0 aromatic carbocycles. The summed E-state index contributed by atoms with van der Waals surface area (Å²) in [5.41, 5.74) is 0.312. The number of rotatable bonds is 1. The molecule has 1 fully saturated rings. The summed E-state index contributed by atoms with van der Waals surface area (Å²) in [7, 11) is 2.20. The van der Waals surface area contributed by atoms with Crippen molar-refractivity contribution in [1.82, 2.24) is 10.2 Å². The molecule has 1 N–H and O–H groups in total. The summed E-state index contributed by atoms with van der Waals surface area (Å²) in [6.45, 7) is 7.82. The van der Waals surface area contributed by atoms with Gasteiger partial charge in [0, 0.05) is 19.0 Å². The molecule has 0 radical (unpaired) electrons. The van der Waals surface area contributed by atoms with Crippen LogP contribution in [-0.2, 0) is 0 Å². The van der Waals surface area contributed by atoms with Crippen molar-refractivity contribution in [2.75, 3.05) is 26.7 Å². The van der Waals surface area contributed by atoms with E-state index in [1.54, 1.807) is 0 Å². The van der Waals surface area contributed by atoms with Crippen molar-refractivity contribution in [3.63, 3.8) is 0 Å². The zero-order valence-electron chi connectivity index (χ0n) is 9.51. The van der Waals surface area contributed by atoms with Crippen LogP contribution in [0.5, 0.6) is 0 Å². The van der Waals surface area contributed by atoms with Crippen LogP contribution in [0.3, 0.4) is 0 Å². The van der Waals surface area contributed by atoms with Gasteiger partial charge in [0.1, 0.15) is 0 Å². The zero-order chi connectivity index (χ0) is 10.2. The number of nitrogens with one attached hydrogen (secondary N) is 1. The standard InChI is InChI=1S/C11H21N3/c1-9(2)10-12-8-11(13-10)4-6-14(3)7-5-11/h9H,4-8H2,1-3H3,(H,12,13). The van der Waals surface area contributed by atoms with Crippen molar-refractivity contribution in [3.8, 4) is 0 Å². The lowest BCUT2D eigenvalue weighted by Crippen LogP contribution is -2.53. The minimum absolute atomic E-state index is 0.312. The Labute approximate surface area is 86.6 Å². The van der Waals surface area contributed by atoms with Crippen molar-refractivity contribution in [3.05, 3.63) is 0 Å². The summed E-state index contributed by atoms with van der Waals surface area (Å²) in [6, 6.07) is 0. The maximum Gasteiger partial charge on any atom is 0.0994 e. The van der Waals surface area contributed by atoms with Gasteiger partial charge < -0.3 is 10.2 Å². The van der Waals surface area contributed by atoms with E-state index in [2.05, 4.69) is 36.1 Å². The summed E-state index contributed by atoms with van der Waals surface area (Å²) in [6.07, 6.45) is 2.48. The lowest BCUT2D eigenvalue weighted by Gasteiger charge is -2.38. The number of nitrogens with zero attached hydrogens (tertiary/aromatic N) is 2. The number of likely N-dealkylation sites (tertiary alicyclic amines) is 1. The second-order valence-electron chi connectivity index (χ2n) is 5.06. The van der Waals surface area contributed by atoms with Crippen molar-refractivity contribution in [2.45, 2.75) is 32.2 Å². The van der Waals surface area contributed by atoms with E-state index in [1.165, 1.54) is 31.8 Å². The monoisotopic (exact) mass is 195 g/mol. The summed E-state index contributed by atoms with van der Waals surface area (Å²) in [5, 5.41) is 3.65. The maximum absolute atomic E-state index is 4.62. The van der Waals surface area contributed by atoms with Crippen LogP contribution in [0.15, 0.2) is 4.99 Å². The van der Waals surface area contributed by atoms with E-state index >= 15 is 0 Å². The Morgan fingerprint density at radius 1 is 1.36 bits per heavy atom. The van der Waals surface area contributed by atoms with Crippen molar-refractivity contribution in [1.29, 1.82) is 0 Å². The van der Waals surface area contributed by atoms with Gasteiger partial charge in [-0.15, -0.1) is 0 Å². The lowest BCUT2D eigenvalue weighted by atomic mass is 9.88. The molecule has 3 heteroatoms. The molecule has 1 spiro atoms. The molecule has 14 heavy (non-hydrogen) atoms. The Kier molecular flexibility index (Phi) is 2.52. The van der Waals surface area contributed by atoms with Crippen LogP contribution >= 0.6 is 0 Å². The van der Waals surface area contributed by atoms with E-state index in [1.807, 2.05) is 0 Å². The maximum atomic E-state index is 4.62. The average Bonchev–Trinajstić information content (AvgIpc) is 2.56. The normalized spacial score (nSPS) is 26.7. The molecular weight excluding hydrogens is 174 g/mol. The van der Waals surface area contributed by atoms with Gasteiger partial charge in [-0.3, -0.25) is 4.99 Å². The van der Waals surface area contributed by atoms with Crippen molar-refractivity contribution >= 4 is 5.84 Å². The van der Waals surface area contributed by atoms with Gasteiger partial charge in [0.2, 0.25) is 0 Å². The van der Waals surface area contributed by atoms with Crippen LogP contribution in [0.4, 0.5) is 0 Å². The van der Waals surface area contributed by atoms with Gasteiger partial charge in [-0.25, -0.2) is 0 Å². The second kappa shape index (κ2) is 3.54. The highest BCUT2D eigenvalue weighted by Crippen LogP contribution is 2.26. The van der Waals surface area contributed by atoms with Crippen LogP contribution in [0.1, 0.15) is 26.7 Å². The molecule has 80 valence electrons. The van der Waals surface area contributed by atoms with E-state index in [4.69, 9.17) is 0 Å². The van der Waals surface area contributed by atoms with Crippen molar-refractivity contribution in [2.24, 2.45) is 10.9 Å². The topological polar surface area (TPSA) is 27.6 Å². The summed E-state index contributed by atoms with van der Waals surface area (Å²) in [4.78, 5) is 7.03. The third-order valence-electron chi connectivity index (χ3n) is 3.44. The molecule has 0 amide bonds. The fraction of sp³-hybridized carbons (Fsp3) is 0.909. The first-order valence-corrected chi connectivity index (χ1v) is 5.62. The minimum Gasteiger partial charge on any atom is -0.366 e. The Hall–Kier alpha value is -0.570. The molecule has 0 atom stereocenters. The molecule has 0 aromatic rings. The number of hydrogen-bond acceptors (Lipinski definition) is 3. The molecule has 3 nitrogen and oxygen atoms in total. The molecule has 0 aromatic heterocycles. The number of piperidine rings is 1. The first-order chi connectivity index (χ1) is 6.61. The van der Waals surface area contributed by atoms with Gasteiger partial charge in [-0.05, 0) is 19.9 Å². The number of hydrogen-bond donors (Lipinski definition) is 1. The zero-order valence-corrected chi connectivity index (χ0v) is 9.51. The van der Waals surface area contributed by atoms with E-state index in [-0.39, 0.29) is 0 Å². The molecule has 2 aliphatic heterocycles. The van der Waals surface area contributed by atoms with Crippen LogP contribution < -0.4 is 5.32 Å². The summed E-state index contributed by atoms with van der Waals surface area (Å²) in [5.74, 6) is 1.77. The van der Waals surface area contributed by atoms with Gasteiger partial charge in [-0.1, -0.05) is 13.8 Å². The van der Waals surface area contributed by atoms with Crippen LogP contribution in [0, 0.1) is 5.92 Å². The summed E-state index contributed by atoms with van der Waals surface area (Å²) >= 11 is 0. The highest BCUT2D eigenvalue weighted by molar-refractivity contribution is 5.86. The fourth-order valence-corrected chi connectivity index (χ4v) is 2.24. The van der Waals surface area contributed by atoms with Gasteiger partial charge in [0.25, 0.3) is 0 Å². The Morgan fingerprint density at radius 2 is 2.00 bits per heavy atom. The van der Waals surface area contributed by atoms with E-state index in [0.717, 1.165) is 6.54 Å². The van der Waals surface area contributed by atoms with E-state index < -0.39 is 0 Å². The number of amidine groups is 1. The van der Waals surface area contributed by atoms with Gasteiger partial charge in [-0.2, -0.15) is 0 Å². The molecule has 1 saturated heterocycles. The number of aliphatic imine (C=N–C) groups is 1. The minimum atomic E-state index is 0.312. The smallest absolute Gasteiger partial charge is 0.0994 e. The lowest BCUT2D eigenvalue weighted by molar-refractivity contribution is 0.186. The predicted octanol–water partition coefficient (Wildman–Crippen LogP) is 1.11. The predicted molar refractivity (Wildman–Crippen MR) is 59.7 cm³/mol. The fourth-order valence-electron chi connectivity index (χ4n) is 2.24. The Morgan fingerprint density at radius 3 is 2.50 bits per heavy atom. The molecule has 2 aliphatic rings. The van der Waals surface area contributed by atoms with Crippen LogP contribution in [0.25, 0.3) is 0 Å². The second-order valence-corrected chi connectivity index (χ2v) is 5.06. The first kappa shape index (κ1) is 9.97. The SMILES string of the molecule is CC(C)C1=NCC2(CCN(C)CC2)N1. The van der Waals surface area contributed by atoms with E-state index in [9.17, 15) is 0 Å². The quantitative estimate of drug-likeness (QED) is 0.678. The first-order valence-electron chi connectivity index (χ1n) is 5.62. The largest absolute Gasteiger partial charge is 0.366 e. The molecule has 0 bridgehead atoms. The average molecular weight is 195 g/mol. The van der Waals surface area contributed by atoms with Crippen LogP contribution in [0.2, 0.25) is 0 Å². The highest BCUT2D eigenvalue weighted by atomic mass is 15.2. The molecule has 0 aliphatic carbocycles. The molecule has 0 unspecified atom stereocenters.